The largest absolute Gasteiger partial charge is 0.481 e. The Morgan fingerprint density at radius 3 is 2.06 bits per heavy atom. The lowest BCUT2D eigenvalue weighted by molar-refractivity contribution is -0.137. The SMILES string of the molecule is CCCN1C(=O)/C(=C\c2ccc(/C=C3\SC(=O)N(CCCC(=O)O)C3=O)cc2)SC1=S. The number of rotatable bonds is 8. The van der Waals surface area contributed by atoms with Gasteiger partial charge in [0.2, 0.25) is 0 Å². The number of thioether (sulfide) groups is 2. The van der Waals surface area contributed by atoms with Crippen LogP contribution in [0.1, 0.15) is 37.3 Å². The van der Waals surface area contributed by atoms with E-state index in [0.717, 1.165) is 34.2 Å². The molecule has 31 heavy (non-hydrogen) atoms. The Kier molecular flexibility index (Phi) is 7.69. The standard InChI is InChI=1S/C21H20N2O5S3/c1-2-9-23-19(27)16(31-21(23)29)12-14-7-5-13(6-8-14)11-15-18(26)22(20(28)30-15)10-3-4-17(24)25/h5-8,11-12H,2-4,9-10H2,1H3,(H,24,25)/b15-11-,16-12+. The number of amides is 3. The van der Waals surface area contributed by atoms with Gasteiger partial charge in [0, 0.05) is 19.5 Å². The van der Waals surface area contributed by atoms with Gasteiger partial charge in [-0.1, -0.05) is 55.2 Å². The topological polar surface area (TPSA) is 95.0 Å². The van der Waals surface area contributed by atoms with Crippen molar-refractivity contribution >= 4 is 75.2 Å². The second-order valence-electron chi connectivity index (χ2n) is 6.83. The summed E-state index contributed by atoms with van der Waals surface area (Å²) in [6, 6.07) is 7.26. The zero-order valence-electron chi connectivity index (χ0n) is 16.7. The van der Waals surface area contributed by atoms with E-state index in [0.29, 0.717) is 20.7 Å². The molecule has 2 saturated heterocycles. The van der Waals surface area contributed by atoms with Crippen LogP contribution in [0.5, 0.6) is 0 Å². The van der Waals surface area contributed by atoms with Crippen molar-refractivity contribution in [3.8, 4) is 0 Å². The van der Waals surface area contributed by atoms with Crippen molar-refractivity contribution in [1.82, 2.24) is 9.80 Å². The lowest BCUT2D eigenvalue weighted by atomic mass is 10.1. The lowest BCUT2D eigenvalue weighted by Gasteiger charge is -2.11. The molecule has 0 radical (unpaired) electrons. The highest BCUT2D eigenvalue weighted by atomic mass is 32.2. The predicted octanol–water partition coefficient (Wildman–Crippen LogP) is 4.20. The molecular formula is C21H20N2O5S3. The Hall–Kier alpha value is -2.43. The quantitative estimate of drug-likeness (QED) is 0.441. The molecule has 0 atom stereocenters. The maximum atomic E-state index is 12.4. The van der Waals surface area contributed by atoms with Crippen molar-refractivity contribution in [2.24, 2.45) is 0 Å². The molecular weight excluding hydrogens is 456 g/mol. The number of imide groups is 1. The summed E-state index contributed by atoms with van der Waals surface area (Å²) in [7, 11) is 0. The Labute approximate surface area is 193 Å². The summed E-state index contributed by atoms with van der Waals surface area (Å²) in [4.78, 5) is 51.1. The molecule has 2 aliphatic heterocycles. The molecule has 0 saturated carbocycles. The number of carboxylic acid groups (broad SMARTS) is 1. The van der Waals surface area contributed by atoms with Gasteiger partial charge >= 0.3 is 5.97 Å². The first-order valence-corrected chi connectivity index (χ1v) is 11.7. The minimum absolute atomic E-state index is 0.0856. The second-order valence-corrected chi connectivity index (χ2v) is 9.50. The average Bonchev–Trinajstić information content (AvgIpc) is 3.13. The van der Waals surface area contributed by atoms with Crippen molar-refractivity contribution in [3.63, 3.8) is 0 Å². The molecule has 3 rings (SSSR count). The Balaban J connectivity index is 1.68. The summed E-state index contributed by atoms with van der Waals surface area (Å²) in [6.07, 6.45) is 4.38. The van der Waals surface area contributed by atoms with Crippen LogP contribution in [-0.2, 0) is 14.4 Å². The predicted molar refractivity (Wildman–Crippen MR) is 126 cm³/mol. The van der Waals surface area contributed by atoms with Gasteiger partial charge in [0.05, 0.1) is 9.81 Å². The molecule has 1 aromatic carbocycles. The van der Waals surface area contributed by atoms with Crippen LogP contribution >= 0.6 is 35.7 Å². The number of nitrogens with zero attached hydrogens (tertiary/aromatic N) is 2. The van der Waals surface area contributed by atoms with Crippen LogP contribution in [0.4, 0.5) is 4.79 Å². The molecule has 0 bridgehead atoms. The molecule has 0 aromatic heterocycles. The molecule has 0 spiro atoms. The van der Waals surface area contributed by atoms with Gasteiger partial charge in [-0.05, 0) is 47.9 Å². The third-order valence-electron chi connectivity index (χ3n) is 4.50. The summed E-state index contributed by atoms with van der Waals surface area (Å²) < 4.78 is 0.564. The number of carbonyl (C=O) groups is 4. The van der Waals surface area contributed by atoms with E-state index in [-0.39, 0.29) is 25.3 Å². The Bertz CT molecular complexity index is 1000. The van der Waals surface area contributed by atoms with E-state index in [9.17, 15) is 19.2 Å². The summed E-state index contributed by atoms with van der Waals surface area (Å²) in [6.45, 7) is 2.68. The number of thiocarbonyl (C=S) groups is 1. The van der Waals surface area contributed by atoms with Crippen LogP contribution in [-0.4, -0.2) is 55.3 Å². The average molecular weight is 477 g/mol. The fourth-order valence-corrected chi connectivity index (χ4v) is 5.16. The highest BCUT2D eigenvalue weighted by Gasteiger charge is 2.34. The number of carbonyl (C=O) groups excluding carboxylic acids is 3. The van der Waals surface area contributed by atoms with Gasteiger partial charge in [0.15, 0.2) is 0 Å². The van der Waals surface area contributed by atoms with Crippen molar-refractivity contribution in [1.29, 1.82) is 0 Å². The number of hydrogen-bond acceptors (Lipinski definition) is 7. The molecule has 3 amide bonds. The molecule has 7 nitrogen and oxygen atoms in total. The maximum absolute atomic E-state index is 12.4. The van der Waals surface area contributed by atoms with E-state index >= 15 is 0 Å². The summed E-state index contributed by atoms with van der Waals surface area (Å²) in [5.74, 6) is -1.46. The number of benzene rings is 1. The molecule has 1 aromatic rings. The van der Waals surface area contributed by atoms with Gasteiger partial charge in [-0.25, -0.2) is 0 Å². The van der Waals surface area contributed by atoms with Crippen LogP contribution in [0.15, 0.2) is 34.1 Å². The van der Waals surface area contributed by atoms with Crippen molar-refractivity contribution in [2.45, 2.75) is 26.2 Å². The summed E-state index contributed by atoms with van der Waals surface area (Å²) in [5, 5.41) is 8.31. The van der Waals surface area contributed by atoms with E-state index in [2.05, 4.69) is 0 Å². The molecule has 0 unspecified atom stereocenters. The smallest absolute Gasteiger partial charge is 0.303 e. The van der Waals surface area contributed by atoms with Crippen LogP contribution in [0, 0.1) is 0 Å². The van der Waals surface area contributed by atoms with E-state index in [1.54, 1.807) is 29.2 Å². The molecule has 162 valence electrons. The van der Waals surface area contributed by atoms with E-state index in [4.69, 9.17) is 17.3 Å². The third-order valence-corrected chi connectivity index (χ3v) is 6.78. The van der Waals surface area contributed by atoms with Crippen molar-refractivity contribution in [2.75, 3.05) is 13.1 Å². The van der Waals surface area contributed by atoms with Crippen LogP contribution in [0.2, 0.25) is 0 Å². The second kappa shape index (κ2) is 10.3. The van der Waals surface area contributed by atoms with Gasteiger partial charge in [-0.15, -0.1) is 0 Å². The first-order chi connectivity index (χ1) is 14.8. The zero-order chi connectivity index (χ0) is 22.5. The molecule has 2 fully saturated rings. The summed E-state index contributed by atoms with van der Waals surface area (Å²) in [5.41, 5.74) is 1.57. The minimum atomic E-state index is -0.963. The fourth-order valence-electron chi connectivity index (χ4n) is 2.99. The zero-order valence-corrected chi connectivity index (χ0v) is 19.1. The van der Waals surface area contributed by atoms with Crippen molar-refractivity contribution in [3.05, 3.63) is 45.2 Å². The monoisotopic (exact) mass is 476 g/mol. The van der Waals surface area contributed by atoms with Gasteiger partial charge in [0.1, 0.15) is 4.32 Å². The third kappa shape index (κ3) is 5.63. The molecule has 1 N–H and O–H groups in total. The molecule has 2 heterocycles. The molecule has 10 heteroatoms. The maximum Gasteiger partial charge on any atom is 0.303 e. The number of carboxylic acids is 1. The number of hydrogen-bond donors (Lipinski definition) is 1. The first kappa shape index (κ1) is 23.2. The lowest BCUT2D eigenvalue weighted by Crippen LogP contribution is -2.29. The first-order valence-electron chi connectivity index (χ1n) is 9.62. The fraction of sp³-hybridized carbons (Fsp3) is 0.286. The van der Waals surface area contributed by atoms with Crippen LogP contribution < -0.4 is 0 Å². The normalized spacial score (nSPS) is 19.4. The number of aliphatic carboxylic acids is 1. The Morgan fingerprint density at radius 2 is 1.52 bits per heavy atom. The Morgan fingerprint density at radius 1 is 0.968 bits per heavy atom. The van der Waals surface area contributed by atoms with E-state index in [1.165, 1.54) is 11.8 Å². The van der Waals surface area contributed by atoms with Crippen molar-refractivity contribution < 1.29 is 24.3 Å². The van der Waals surface area contributed by atoms with E-state index in [1.807, 2.05) is 19.1 Å². The van der Waals surface area contributed by atoms with Crippen LogP contribution in [0.25, 0.3) is 12.2 Å². The van der Waals surface area contributed by atoms with E-state index < -0.39 is 17.1 Å². The van der Waals surface area contributed by atoms with Gasteiger partial charge < -0.3 is 5.11 Å². The minimum Gasteiger partial charge on any atom is -0.481 e. The molecule has 2 aliphatic rings. The highest BCUT2D eigenvalue weighted by Crippen LogP contribution is 2.34. The highest BCUT2D eigenvalue weighted by molar-refractivity contribution is 8.26. The van der Waals surface area contributed by atoms with Crippen LogP contribution in [0.3, 0.4) is 0 Å². The van der Waals surface area contributed by atoms with Gasteiger partial charge in [-0.2, -0.15) is 0 Å². The molecule has 0 aliphatic carbocycles. The van der Waals surface area contributed by atoms with Gasteiger partial charge in [-0.3, -0.25) is 29.0 Å². The van der Waals surface area contributed by atoms with Gasteiger partial charge in [0.25, 0.3) is 17.1 Å². The summed E-state index contributed by atoms with van der Waals surface area (Å²) >= 11 is 7.40.